The fourth-order valence-corrected chi connectivity index (χ4v) is 3.99. The molecule has 0 saturated carbocycles. The fourth-order valence-electron chi connectivity index (χ4n) is 3.44. The summed E-state index contributed by atoms with van der Waals surface area (Å²) >= 11 is 1.60. The summed E-state index contributed by atoms with van der Waals surface area (Å²) in [6.07, 6.45) is 1.99. The first-order valence-electron chi connectivity index (χ1n) is 10.8. The fraction of sp³-hybridized carbons (Fsp3) is 0.296. The first-order chi connectivity index (χ1) is 15.3. The Morgan fingerprint density at radius 1 is 0.938 bits per heavy atom. The molecule has 1 amide bonds. The lowest BCUT2D eigenvalue weighted by molar-refractivity contribution is 0.102. The van der Waals surface area contributed by atoms with Gasteiger partial charge in [0.25, 0.3) is 5.91 Å². The van der Waals surface area contributed by atoms with Gasteiger partial charge in [0.1, 0.15) is 18.1 Å². The summed E-state index contributed by atoms with van der Waals surface area (Å²) in [4.78, 5) is 14.0. The number of rotatable bonds is 8. The highest BCUT2D eigenvalue weighted by Gasteiger charge is 2.19. The largest absolute Gasteiger partial charge is 0.493 e. The number of ether oxygens (including phenoxy) is 2. The summed E-state index contributed by atoms with van der Waals surface area (Å²) in [5, 5.41) is 3.02. The Balaban J connectivity index is 1.85. The number of anilines is 1. The van der Waals surface area contributed by atoms with E-state index in [0.717, 1.165) is 33.2 Å². The Bertz CT molecular complexity index is 1070. The lowest BCUT2D eigenvalue weighted by Gasteiger charge is -2.23. The summed E-state index contributed by atoms with van der Waals surface area (Å²) < 4.78 is 12.0. The third kappa shape index (κ3) is 5.86. The molecular weight excluding hydrogens is 418 g/mol. The molecule has 0 saturated heterocycles. The van der Waals surface area contributed by atoms with Gasteiger partial charge in [0.15, 0.2) is 0 Å². The maximum absolute atomic E-state index is 13.0. The molecule has 0 aliphatic rings. The van der Waals surface area contributed by atoms with Crippen molar-refractivity contribution in [3.8, 4) is 11.5 Å². The van der Waals surface area contributed by atoms with Gasteiger partial charge >= 0.3 is 0 Å². The number of benzene rings is 3. The van der Waals surface area contributed by atoms with Crippen LogP contribution in [0.2, 0.25) is 0 Å². The van der Waals surface area contributed by atoms with Gasteiger partial charge in [-0.2, -0.15) is 0 Å². The molecule has 0 spiro atoms. The van der Waals surface area contributed by atoms with Crippen molar-refractivity contribution in [2.24, 2.45) is 0 Å². The molecule has 0 bridgehead atoms. The van der Waals surface area contributed by atoms with Crippen molar-refractivity contribution in [2.45, 2.75) is 44.6 Å². The summed E-state index contributed by atoms with van der Waals surface area (Å²) in [7, 11) is 0. The SMILES string of the molecule is CCOc1ccc(C(=O)Nc2ccccc2SC)cc1COc1ccccc1C(C)(C)C. The first kappa shape index (κ1) is 23.7. The van der Waals surface area contributed by atoms with Crippen LogP contribution in [-0.4, -0.2) is 18.8 Å². The monoisotopic (exact) mass is 449 g/mol. The lowest BCUT2D eigenvalue weighted by Crippen LogP contribution is -2.15. The van der Waals surface area contributed by atoms with E-state index in [1.54, 1.807) is 17.8 Å². The highest BCUT2D eigenvalue weighted by molar-refractivity contribution is 7.98. The average Bonchev–Trinajstić information content (AvgIpc) is 2.78. The second-order valence-corrected chi connectivity index (χ2v) is 9.29. The first-order valence-corrected chi connectivity index (χ1v) is 12.0. The summed E-state index contributed by atoms with van der Waals surface area (Å²) in [6, 6.07) is 21.3. The molecule has 0 aliphatic heterocycles. The van der Waals surface area contributed by atoms with Gasteiger partial charge in [0.2, 0.25) is 0 Å². The predicted octanol–water partition coefficient (Wildman–Crippen LogP) is 6.94. The van der Waals surface area contributed by atoms with Crippen LogP contribution >= 0.6 is 11.8 Å². The van der Waals surface area contributed by atoms with Gasteiger partial charge in [-0.3, -0.25) is 4.79 Å². The minimum absolute atomic E-state index is 0.0360. The number of nitrogens with one attached hydrogen (secondary N) is 1. The third-order valence-electron chi connectivity index (χ3n) is 5.06. The summed E-state index contributed by atoms with van der Waals surface area (Å²) in [6.45, 7) is 9.29. The van der Waals surface area contributed by atoms with Gasteiger partial charge in [-0.1, -0.05) is 51.1 Å². The molecule has 32 heavy (non-hydrogen) atoms. The Morgan fingerprint density at radius 3 is 2.38 bits per heavy atom. The molecule has 1 N–H and O–H groups in total. The molecule has 0 unspecified atom stereocenters. The zero-order chi connectivity index (χ0) is 23.1. The van der Waals surface area contributed by atoms with Crippen molar-refractivity contribution in [3.63, 3.8) is 0 Å². The summed E-state index contributed by atoms with van der Waals surface area (Å²) in [5.74, 6) is 1.40. The maximum atomic E-state index is 13.0. The molecule has 0 radical (unpaired) electrons. The summed E-state index contributed by atoms with van der Waals surface area (Å²) in [5.41, 5.74) is 3.30. The second kappa shape index (κ2) is 10.6. The third-order valence-corrected chi connectivity index (χ3v) is 5.85. The number of thioether (sulfide) groups is 1. The quantitative estimate of drug-likeness (QED) is 0.379. The van der Waals surface area contributed by atoms with Crippen LogP contribution in [0.3, 0.4) is 0 Å². The van der Waals surface area contributed by atoms with E-state index in [-0.39, 0.29) is 11.3 Å². The molecule has 5 heteroatoms. The Hall–Kier alpha value is -2.92. The zero-order valence-electron chi connectivity index (χ0n) is 19.4. The van der Waals surface area contributed by atoms with E-state index in [1.807, 2.05) is 67.8 Å². The average molecular weight is 450 g/mol. The highest BCUT2D eigenvalue weighted by Crippen LogP contribution is 2.32. The molecule has 4 nitrogen and oxygen atoms in total. The van der Waals surface area contributed by atoms with Crippen molar-refractivity contribution >= 4 is 23.4 Å². The van der Waals surface area contributed by atoms with Crippen LogP contribution in [0.1, 0.15) is 49.2 Å². The van der Waals surface area contributed by atoms with Crippen LogP contribution in [0.4, 0.5) is 5.69 Å². The smallest absolute Gasteiger partial charge is 0.255 e. The molecule has 0 aromatic heterocycles. The maximum Gasteiger partial charge on any atom is 0.255 e. The lowest BCUT2D eigenvalue weighted by atomic mass is 9.86. The molecule has 3 rings (SSSR count). The number of para-hydroxylation sites is 2. The van der Waals surface area contributed by atoms with Gasteiger partial charge < -0.3 is 14.8 Å². The highest BCUT2D eigenvalue weighted by atomic mass is 32.2. The molecule has 0 atom stereocenters. The van der Waals surface area contributed by atoms with Crippen LogP contribution in [0.5, 0.6) is 11.5 Å². The van der Waals surface area contributed by atoms with Crippen molar-refractivity contribution in [1.82, 2.24) is 0 Å². The van der Waals surface area contributed by atoms with E-state index >= 15 is 0 Å². The van der Waals surface area contributed by atoms with Gasteiger partial charge in [-0.15, -0.1) is 11.8 Å². The number of carbonyl (C=O) groups is 1. The number of hydrogen-bond donors (Lipinski definition) is 1. The van der Waals surface area contributed by atoms with E-state index in [2.05, 4.69) is 32.2 Å². The van der Waals surface area contributed by atoms with Gasteiger partial charge in [-0.25, -0.2) is 0 Å². The van der Waals surface area contributed by atoms with Crippen molar-refractivity contribution in [1.29, 1.82) is 0 Å². The van der Waals surface area contributed by atoms with Crippen molar-refractivity contribution in [3.05, 3.63) is 83.4 Å². The van der Waals surface area contributed by atoms with Crippen LogP contribution in [0.25, 0.3) is 0 Å². The second-order valence-electron chi connectivity index (χ2n) is 8.44. The van der Waals surface area contributed by atoms with E-state index in [1.165, 1.54) is 0 Å². The molecule has 168 valence electrons. The van der Waals surface area contributed by atoms with Gasteiger partial charge in [0, 0.05) is 16.0 Å². The minimum atomic E-state index is -0.161. The van der Waals surface area contributed by atoms with Gasteiger partial charge in [-0.05, 0) is 60.6 Å². The minimum Gasteiger partial charge on any atom is -0.493 e. The molecule has 0 heterocycles. The van der Waals surface area contributed by atoms with Crippen LogP contribution in [-0.2, 0) is 12.0 Å². The number of amides is 1. The van der Waals surface area contributed by atoms with Crippen LogP contribution in [0, 0.1) is 0 Å². The number of carbonyl (C=O) groups excluding carboxylic acids is 1. The van der Waals surface area contributed by atoms with Gasteiger partial charge in [0.05, 0.1) is 12.3 Å². The predicted molar refractivity (Wildman–Crippen MR) is 133 cm³/mol. The van der Waals surface area contributed by atoms with Crippen LogP contribution < -0.4 is 14.8 Å². The Morgan fingerprint density at radius 2 is 1.66 bits per heavy atom. The van der Waals surface area contributed by atoms with Crippen LogP contribution in [0.15, 0.2) is 71.6 Å². The Labute approximate surface area is 195 Å². The number of hydrogen-bond acceptors (Lipinski definition) is 4. The Kier molecular flexibility index (Phi) is 7.86. The molecule has 3 aromatic carbocycles. The molecule has 0 fully saturated rings. The van der Waals surface area contributed by atoms with Crippen molar-refractivity contribution in [2.75, 3.05) is 18.2 Å². The molecule has 3 aromatic rings. The topological polar surface area (TPSA) is 47.6 Å². The zero-order valence-corrected chi connectivity index (χ0v) is 20.2. The standard InChI is InChI=1S/C27H31NO3S/c1-6-30-23-16-15-19(26(29)28-22-12-8-10-14-25(22)32-5)17-20(23)18-31-24-13-9-7-11-21(24)27(2,3)4/h7-17H,6,18H2,1-5H3,(H,28,29). The molecular formula is C27H31NO3S. The van der Waals surface area contributed by atoms with E-state index in [4.69, 9.17) is 9.47 Å². The normalized spacial score (nSPS) is 11.2. The van der Waals surface area contributed by atoms with E-state index in [0.29, 0.717) is 18.8 Å². The van der Waals surface area contributed by atoms with E-state index in [9.17, 15) is 4.79 Å². The molecule has 0 aliphatic carbocycles. The van der Waals surface area contributed by atoms with Crippen molar-refractivity contribution < 1.29 is 14.3 Å². The van der Waals surface area contributed by atoms with E-state index < -0.39 is 0 Å².